The van der Waals surface area contributed by atoms with Gasteiger partial charge in [-0.2, -0.15) is 5.10 Å². The number of aromatic nitrogens is 2. The Morgan fingerprint density at radius 3 is 2.46 bits per heavy atom. The largest absolute Gasteiger partial charge is 0.396 e. The van der Waals surface area contributed by atoms with Gasteiger partial charge in [0.2, 0.25) is 0 Å². The van der Waals surface area contributed by atoms with Gasteiger partial charge in [-0.1, -0.05) is 12.1 Å². The molecule has 0 aliphatic rings. The first-order valence-electron chi connectivity index (χ1n) is 3.82. The lowest BCUT2D eigenvalue weighted by Crippen LogP contribution is -1.86. The molecule has 13 heavy (non-hydrogen) atoms. The first-order chi connectivity index (χ1) is 6.27. The molecular formula is C9H8IN3. The fourth-order valence-electron chi connectivity index (χ4n) is 1.14. The third-order valence-electron chi connectivity index (χ3n) is 1.79. The SMILES string of the molecule is Nc1c[nH]nc1-c1ccc(I)cc1. The number of nitrogen functional groups attached to an aromatic ring is 1. The number of hydrogen-bond acceptors (Lipinski definition) is 2. The van der Waals surface area contributed by atoms with Crippen molar-refractivity contribution in [2.75, 3.05) is 5.73 Å². The van der Waals surface area contributed by atoms with E-state index in [-0.39, 0.29) is 0 Å². The molecule has 0 aliphatic heterocycles. The van der Waals surface area contributed by atoms with Gasteiger partial charge in [-0.15, -0.1) is 0 Å². The molecule has 0 aliphatic carbocycles. The smallest absolute Gasteiger partial charge is 0.115 e. The number of nitrogens with zero attached hydrogens (tertiary/aromatic N) is 1. The van der Waals surface area contributed by atoms with Crippen LogP contribution in [0.2, 0.25) is 0 Å². The molecule has 0 amide bonds. The summed E-state index contributed by atoms with van der Waals surface area (Å²) in [5.41, 5.74) is 8.25. The van der Waals surface area contributed by atoms with Crippen LogP contribution in [0.4, 0.5) is 5.69 Å². The third kappa shape index (κ3) is 1.67. The predicted molar refractivity (Wildman–Crippen MR) is 61.2 cm³/mol. The molecule has 3 N–H and O–H groups in total. The fourth-order valence-corrected chi connectivity index (χ4v) is 1.50. The van der Waals surface area contributed by atoms with Gasteiger partial charge in [0, 0.05) is 15.3 Å². The first kappa shape index (κ1) is 8.55. The van der Waals surface area contributed by atoms with E-state index in [1.165, 1.54) is 3.57 Å². The molecule has 1 heterocycles. The van der Waals surface area contributed by atoms with Crippen LogP contribution in [0, 0.1) is 3.57 Å². The van der Waals surface area contributed by atoms with Crippen molar-refractivity contribution < 1.29 is 0 Å². The van der Waals surface area contributed by atoms with Crippen molar-refractivity contribution in [2.24, 2.45) is 0 Å². The van der Waals surface area contributed by atoms with Gasteiger partial charge in [-0.05, 0) is 34.7 Å². The minimum absolute atomic E-state index is 0.682. The highest BCUT2D eigenvalue weighted by Crippen LogP contribution is 2.22. The molecule has 0 radical (unpaired) electrons. The number of H-pyrrole nitrogens is 1. The summed E-state index contributed by atoms with van der Waals surface area (Å²) in [5, 5.41) is 6.80. The Labute approximate surface area is 89.5 Å². The quantitative estimate of drug-likeness (QED) is 0.790. The number of anilines is 1. The molecule has 0 atom stereocenters. The van der Waals surface area contributed by atoms with Crippen LogP contribution in [0.15, 0.2) is 30.5 Å². The van der Waals surface area contributed by atoms with Crippen LogP contribution in [0.25, 0.3) is 11.3 Å². The topological polar surface area (TPSA) is 54.7 Å². The average Bonchev–Trinajstić information content (AvgIpc) is 2.53. The highest BCUT2D eigenvalue weighted by atomic mass is 127. The van der Waals surface area contributed by atoms with E-state index in [2.05, 4.69) is 32.8 Å². The van der Waals surface area contributed by atoms with Crippen molar-refractivity contribution >= 4 is 28.3 Å². The van der Waals surface area contributed by atoms with E-state index >= 15 is 0 Å². The first-order valence-corrected chi connectivity index (χ1v) is 4.90. The van der Waals surface area contributed by atoms with E-state index in [0.29, 0.717) is 5.69 Å². The second-order valence-corrected chi connectivity index (χ2v) is 3.94. The van der Waals surface area contributed by atoms with Gasteiger partial charge in [0.1, 0.15) is 5.69 Å². The van der Waals surface area contributed by atoms with Crippen LogP contribution in [0.5, 0.6) is 0 Å². The molecule has 1 aromatic carbocycles. The van der Waals surface area contributed by atoms with E-state index in [9.17, 15) is 0 Å². The molecule has 2 rings (SSSR count). The maximum atomic E-state index is 5.72. The molecule has 66 valence electrons. The van der Waals surface area contributed by atoms with Crippen molar-refractivity contribution in [1.82, 2.24) is 10.2 Å². The summed E-state index contributed by atoms with van der Waals surface area (Å²) in [6.45, 7) is 0. The van der Waals surface area contributed by atoms with Crippen molar-refractivity contribution in [3.63, 3.8) is 0 Å². The molecule has 3 nitrogen and oxygen atoms in total. The molecule has 2 aromatic rings. The summed E-state index contributed by atoms with van der Waals surface area (Å²) in [6, 6.07) is 8.08. The van der Waals surface area contributed by atoms with Crippen LogP contribution < -0.4 is 5.73 Å². The predicted octanol–water partition coefficient (Wildman–Crippen LogP) is 2.26. The van der Waals surface area contributed by atoms with Gasteiger partial charge in [0.15, 0.2) is 0 Å². The van der Waals surface area contributed by atoms with E-state index in [4.69, 9.17) is 5.73 Å². The molecule has 1 aromatic heterocycles. The second kappa shape index (κ2) is 3.37. The lowest BCUT2D eigenvalue weighted by atomic mass is 10.1. The average molecular weight is 285 g/mol. The Balaban J connectivity index is 2.47. The van der Waals surface area contributed by atoms with Gasteiger partial charge in [0.05, 0.1) is 5.69 Å². The zero-order valence-corrected chi connectivity index (χ0v) is 8.95. The highest BCUT2D eigenvalue weighted by molar-refractivity contribution is 14.1. The Hall–Kier alpha value is -1.04. The summed E-state index contributed by atoms with van der Waals surface area (Å²) < 4.78 is 1.20. The fraction of sp³-hybridized carbons (Fsp3) is 0. The molecule has 4 heteroatoms. The van der Waals surface area contributed by atoms with E-state index in [1.807, 2.05) is 24.3 Å². The molecule has 0 saturated heterocycles. The molecule has 0 saturated carbocycles. The number of nitrogens with two attached hydrogens (primary N) is 1. The van der Waals surface area contributed by atoms with E-state index < -0.39 is 0 Å². The molecule has 0 fully saturated rings. The summed E-state index contributed by atoms with van der Waals surface area (Å²) in [7, 11) is 0. The zero-order valence-electron chi connectivity index (χ0n) is 6.79. The van der Waals surface area contributed by atoms with Gasteiger partial charge < -0.3 is 5.73 Å². The molecule has 0 unspecified atom stereocenters. The minimum Gasteiger partial charge on any atom is -0.396 e. The standard InChI is InChI=1S/C9H8IN3/c10-7-3-1-6(2-4-7)9-8(11)5-12-13-9/h1-5H,11H2,(H,12,13). The maximum Gasteiger partial charge on any atom is 0.115 e. The van der Waals surface area contributed by atoms with Crippen molar-refractivity contribution in [3.05, 3.63) is 34.0 Å². The zero-order chi connectivity index (χ0) is 9.26. The Morgan fingerprint density at radius 2 is 1.92 bits per heavy atom. The van der Waals surface area contributed by atoms with Crippen molar-refractivity contribution in [1.29, 1.82) is 0 Å². The summed E-state index contributed by atoms with van der Waals surface area (Å²) in [4.78, 5) is 0. The van der Waals surface area contributed by atoms with Crippen LogP contribution in [-0.4, -0.2) is 10.2 Å². The summed E-state index contributed by atoms with van der Waals surface area (Å²) in [5.74, 6) is 0. The molecular weight excluding hydrogens is 277 g/mol. The number of rotatable bonds is 1. The normalized spacial score (nSPS) is 10.2. The van der Waals surface area contributed by atoms with Crippen LogP contribution in [0.3, 0.4) is 0 Å². The number of benzene rings is 1. The monoisotopic (exact) mass is 285 g/mol. The lowest BCUT2D eigenvalue weighted by Gasteiger charge is -1.97. The number of halogens is 1. The highest BCUT2D eigenvalue weighted by Gasteiger charge is 2.03. The van der Waals surface area contributed by atoms with Crippen LogP contribution in [-0.2, 0) is 0 Å². The van der Waals surface area contributed by atoms with Crippen LogP contribution in [0.1, 0.15) is 0 Å². The van der Waals surface area contributed by atoms with Gasteiger partial charge in [0.25, 0.3) is 0 Å². The number of aromatic amines is 1. The molecule has 0 bridgehead atoms. The van der Waals surface area contributed by atoms with E-state index in [0.717, 1.165) is 11.3 Å². The third-order valence-corrected chi connectivity index (χ3v) is 2.51. The Morgan fingerprint density at radius 1 is 1.23 bits per heavy atom. The maximum absolute atomic E-state index is 5.72. The summed E-state index contributed by atoms with van der Waals surface area (Å²) >= 11 is 2.26. The molecule has 0 spiro atoms. The summed E-state index contributed by atoms with van der Waals surface area (Å²) in [6.07, 6.45) is 1.69. The van der Waals surface area contributed by atoms with E-state index in [1.54, 1.807) is 6.20 Å². The van der Waals surface area contributed by atoms with Crippen molar-refractivity contribution in [3.8, 4) is 11.3 Å². The Bertz CT molecular complexity index is 405. The van der Waals surface area contributed by atoms with Crippen LogP contribution >= 0.6 is 22.6 Å². The van der Waals surface area contributed by atoms with Gasteiger partial charge >= 0.3 is 0 Å². The number of hydrogen-bond donors (Lipinski definition) is 2. The van der Waals surface area contributed by atoms with Gasteiger partial charge in [-0.3, -0.25) is 5.10 Å². The second-order valence-electron chi connectivity index (χ2n) is 2.70. The number of nitrogens with one attached hydrogen (secondary N) is 1. The minimum atomic E-state index is 0.682. The lowest BCUT2D eigenvalue weighted by molar-refractivity contribution is 1.10. The van der Waals surface area contributed by atoms with Gasteiger partial charge in [-0.25, -0.2) is 0 Å². The van der Waals surface area contributed by atoms with Crippen molar-refractivity contribution in [2.45, 2.75) is 0 Å². The Kier molecular flexibility index (Phi) is 2.22.